The number of carbonyl (C=O) groups is 5. The van der Waals surface area contributed by atoms with Gasteiger partial charge in [-0.2, -0.15) is 4.80 Å². The number of esters is 1. The highest BCUT2D eigenvalue weighted by molar-refractivity contribution is 5.97. The summed E-state index contributed by atoms with van der Waals surface area (Å²) in [6.07, 6.45) is -1.32. The van der Waals surface area contributed by atoms with Gasteiger partial charge in [0.1, 0.15) is 30.8 Å². The molecule has 14 nitrogen and oxygen atoms in total. The van der Waals surface area contributed by atoms with Crippen molar-refractivity contribution in [3.05, 3.63) is 65.7 Å². The van der Waals surface area contributed by atoms with Crippen LogP contribution in [0.4, 0.5) is 4.79 Å². The van der Waals surface area contributed by atoms with Gasteiger partial charge in [0, 0.05) is 11.1 Å². The van der Waals surface area contributed by atoms with E-state index in [9.17, 15) is 24.0 Å². The largest absolute Gasteiger partial charge is 0.460 e. The molecule has 0 aliphatic rings. The molecule has 0 fully saturated rings. The molecule has 3 aromatic rings. The lowest BCUT2D eigenvalue weighted by Crippen LogP contribution is -2.47. The van der Waals surface area contributed by atoms with Crippen LogP contribution in [0.1, 0.15) is 57.0 Å². The van der Waals surface area contributed by atoms with Gasteiger partial charge in [-0.15, -0.1) is 10.2 Å². The van der Waals surface area contributed by atoms with E-state index in [1.54, 1.807) is 71.0 Å². The highest BCUT2D eigenvalue weighted by Crippen LogP contribution is 2.16. The normalized spacial score (nSPS) is 12.6. The third-order valence-electron chi connectivity index (χ3n) is 6.10. The van der Waals surface area contributed by atoms with Crippen LogP contribution >= 0.6 is 0 Å². The van der Waals surface area contributed by atoms with Crippen LogP contribution in [-0.4, -0.2) is 67.6 Å². The van der Waals surface area contributed by atoms with Crippen LogP contribution in [0.2, 0.25) is 0 Å². The Kier molecular flexibility index (Phi) is 11.3. The first-order valence-corrected chi connectivity index (χ1v) is 13.9. The summed E-state index contributed by atoms with van der Waals surface area (Å²) in [7, 11) is 0. The van der Waals surface area contributed by atoms with Crippen LogP contribution in [0.3, 0.4) is 0 Å². The number of amides is 3. The molecule has 4 N–H and O–H groups in total. The molecule has 1 aromatic heterocycles. The average molecular weight is 608 g/mol. The number of ether oxygens (including phenoxy) is 2. The van der Waals surface area contributed by atoms with E-state index in [1.165, 1.54) is 12.1 Å². The van der Waals surface area contributed by atoms with E-state index in [0.717, 1.165) is 10.4 Å². The zero-order valence-corrected chi connectivity index (χ0v) is 25.3. The van der Waals surface area contributed by atoms with Crippen molar-refractivity contribution in [1.29, 1.82) is 0 Å². The SMILES string of the molecule is CC(C)C(NC(=O)c1ccc(-c2nnn(CC(=O)C(CC(=O)OC(C)(C)C)NC(=O)OCc3ccccc3)n2)cc1)C(N)=O. The minimum Gasteiger partial charge on any atom is -0.460 e. The summed E-state index contributed by atoms with van der Waals surface area (Å²) in [5.74, 6) is -2.39. The molecule has 0 saturated heterocycles. The monoisotopic (exact) mass is 607 g/mol. The standard InChI is InChI=1S/C30H37N7O7/c1-18(2)25(26(31)40)33-28(41)21-13-11-20(12-14-21)27-34-36-37(35-27)16-23(38)22(15-24(39)44-30(3,4)5)32-29(42)43-17-19-9-7-6-8-10-19/h6-14,18,22,25H,15-17H2,1-5H3,(H2,31,40)(H,32,42)(H,33,41). The van der Waals surface area contributed by atoms with Gasteiger partial charge in [-0.3, -0.25) is 19.2 Å². The number of nitrogens with one attached hydrogen (secondary N) is 2. The number of alkyl carbamates (subject to hydrolysis) is 1. The second kappa shape index (κ2) is 14.8. The Bertz CT molecular complexity index is 1460. The lowest BCUT2D eigenvalue weighted by atomic mass is 10.0. The van der Waals surface area contributed by atoms with Crippen LogP contribution in [-0.2, 0) is 37.0 Å². The van der Waals surface area contributed by atoms with Gasteiger partial charge in [0.2, 0.25) is 11.7 Å². The lowest BCUT2D eigenvalue weighted by Gasteiger charge is -2.22. The Morgan fingerprint density at radius 3 is 2.20 bits per heavy atom. The minimum atomic E-state index is -1.28. The molecule has 44 heavy (non-hydrogen) atoms. The van der Waals surface area contributed by atoms with Crippen molar-refractivity contribution in [2.24, 2.45) is 11.7 Å². The molecule has 2 atom stereocenters. The fraction of sp³-hybridized carbons (Fsp3) is 0.400. The predicted molar refractivity (Wildman–Crippen MR) is 158 cm³/mol. The molecule has 1 heterocycles. The number of nitrogens with two attached hydrogens (primary N) is 1. The van der Waals surface area contributed by atoms with Crippen LogP contribution < -0.4 is 16.4 Å². The molecular weight excluding hydrogens is 570 g/mol. The van der Waals surface area contributed by atoms with Crippen molar-refractivity contribution < 1.29 is 33.4 Å². The summed E-state index contributed by atoms with van der Waals surface area (Å²) in [6, 6.07) is 13.1. The molecule has 3 amide bonds. The van der Waals surface area contributed by atoms with E-state index in [0.29, 0.717) is 11.1 Å². The number of nitrogens with zero attached hydrogens (tertiary/aromatic N) is 4. The second-order valence-electron chi connectivity index (χ2n) is 11.3. The van der Waals surface area contributed by atoms with Gasteiger partial charge in [-0.25, -0.2) is 4.79 Å². The highest BCUT2D eigenvalue weighted by Gasteiger charge is 2.28. The first-order chi connectivity index (χ1) is 20.7. The summed E-state index contributed by atoms with van der Waals surface area (Å²) >= 11 is 0. The summed E-state index contributed by atoms with van der Waals surface area (Å²) in [6.45, 7) is 8.16. The summed E-state index contributed by atoms with van der Waals surface area (Å²) in [5.41, 5.74) is 6.12. The average Bonchev–Trinajstić information content (AvgIpc) is 3.42. The van der Waals surface area contributed by atoms with Crippen LogP contribution in [0.15, 0.2) is 54.6 Å². The number of rotatable bonds is 13. The van der Waals surface area contributed by atoms with Gasteiger partial charge in [0.25, 0.3) is 5.91 Å². The van der Waals surface area contributed by atoms with Gasteiger partial charge >= 0.3 is 12.1 Å². The van der Waals surface area contributed by atoms with Gasteiger partial charge < -0.3 is 25.8 Å². The maximum atomic E-state index is 13.2. The Balaban J connectivity index is 1.67. The van der Waals surface area contributed by atoms with E-state index in [1.807, 2.05) is 6.07 Å². The third-order valence-corrected chi connectivity index (χ3v) is 6.10. The Labute approximate surface area is 254 Å². The maximum Gasteiger partial charge on any atom is 0.408 e. The van der Waals surface area contributed by atoms with Crippen molar-refractivity contribution in [3.8, 4) is 11.4 Å². The first kappa shape index (κ1) is 33.4. The molecule has 0 aliphatic heterocycles. The van der Waals surface area contributed by atoms with Crippen molar-refractivity contribution in [2.75, 3.05) is 0 Å². The van der Waals surface area contributed by atoms with Crippen molar-refractivity contribution in [3.63, 3.8) is 0 Å². The number of aromatic nitrogens is 4. The zero-order chi connectivity index (χ0) is 32.4. The van der Waals surface area contributed by atoms with Gasteiger partial charge in [0.05, 0.1) is 6.42 Å². The summed E-state index contributed by atoms with van der Waals surface area (Å²) in [5, 5.41) is 17.1. The molecule has 2 unspecified atom stereocenters. The smallest absolute Gasteiger partial charge is 0.408 e. The molecule has 0 spiro atoms. The molecule has 0 aliphatic carbocycles. The molecular formula is C30H37N7O7. The quantitative estimate of drug-likeness (QED) is 0.242. The molecule has 0 saturated carbocycles. The zero-order valence-electron chi connectivity index (χ0n) is 25.3. The molecule has 0 radical (unpaired) electrons. The highest BCUT2D eigenvalue weighted by atomic mass is 16.6. The van der Waals surface area contributed by atoms with Gasteiger partial charge in [-0.05, 0) is 49.6 Å². The number of tetrazole rings is 1. The number of benzene rings is 2. The van der Waals surface area contributed by atoms with E-state index in [-0.39, 0.29) is 18.3 Å². The van der Waals surface area contributed by atoms with Crippen LogP contribution in [0.5, 0.6) is 0 Å². The van der Waals surface area contributed by atoms with E-state index in [2.05, 4.69) is 26.0 Å². The van der Waals surface area contributed by atoms with E-state index < -0.39 is 60.3 Å². The Hall–Kier alpha value is -5.14. The number of hydrogen-bond donors (Lipinski definition) is 3. The van der Waals surface area contributed by atoms with Crippen molar-refractivity contribution in [1.82, 2.24) is 30.8 Å². The van der Waals surface area contributed by atoms with Gasteiger partial charge in [0.15, 0.2) is 5.78 Å². The fourth-order valence-electron chi connectivity index (χ4n) is 3.94. The van der Waals surface area contributed by atoms with Crippen LogP contribution in [0, 0.1) is 5.92 Å². The summed E-state index contributed by atoms with van der Waals surface area (Å²) in [4.78, 5) is 63.4. The third kappa shape index (κ3) is 10.3. The second-order valence-corrected chi connectivity index (χ2v) is 11.3. The van der Waals surface area contributed by atoms with Crippen molar-refractivity contribution in [2.45, 2.75) is 71.9 Å². The Morgan fingerprint density at radius 1 is 0.955 bits per heavy atom. The summed E-state index contributed by atoms with van der Waals surface area (Å²) < 4.78 is 10.5. The number of carbonyl (C=O) groups excluding carboxylic acids is 5. The number of Topliss-reactive ketones (excluding diaryl/α,β-unsaturated/α-hetero) is 1. The van der Waals surface area contributed by atoms with Crippen LogP contribution in [0.25, 0.3) is 11.4 Å². The Morgan fingerprint density at radius 2 is 1.61 bits per heavy atom. The number of hydrogen-bond acceptors (Lipinski definition) is 10. The predicted octanol–water partition coefficient (Wildman–Crippen LogP) is 2.18. The van der Waals surface area contributed by atoms with E-state index >= 15 is 0 Å². The topological polar surface area (TPSA) is 197 Å². The molecule has 14 heteroatoms. The number of ketones is 1. The number of primary amides is 1. The van der Waals surface area contributed by atoms with Crippen molar-refractivity contribution >= 4 is 29.7 Å². The molecule has 3 rings (SSSR count). The molecule has 2 aromatic carbocycles. The minimum absolute atomic E-state index is 0.0298. The fourth-order valence-corrected chi connectivity index (χ4v) is 3.94. The molecule has 234 valence electrons. The lowest BCUT2D eigenvalue weighted by molar-refractivity contribution is -0.156. The maximum absolute atomic E-state index is 13.2. The van der Waals surface area contributed by atoms with Gasteiger partial charge in [-0.1, -0.05) is 56.3 Å². The van der Waals surface area contributed by atoms with E-state index in [4.69, 9.17) is 15.2 Å². The first-order valence-electron chi connectivity index (χ1n) is 13.9. The molecule has 0 bridgehead atoms.